The topological polar surface area (TPSA) is 78.1 Å². The summed E-state index contributed by atoms with van der Waals surface area (Å²) in [5.74, 6) is -0.442. The SMILES string of the molecule is CCc1nc2ccccc2c(C(=O)O[C@@H](C)c2nnc(-c3ccc(F)cc3)o2)c1C. The van der Waals surface area contributed by atoms with E-state index in [0.717, 1.165) is 22.2 Å². The highest BCUT2D eigenvalue weighted by molar-refractivity contribution is 6.05. The third-order valence-corrected chi connectivity index (χ3v) is 4.94. The van der Waals surface area contributed by atoms with Gasteiger partial charge in [-0.3, -0.25) is 4.98 Å². The highest BCUT2D eigenvalue weighted by atomic mass is 19.1. The summed E-state index contributed by atoms with van der Waals surface area (Å²) < 4.78 is 24.4. The van der Waals surface area contributed by atoms with Gasteiger partial charge in [-0.25, -0.2) is 9.18 Å². The number of ether oxygens (including phenoxy) is 1. The van der Waals surface area contributed by atoms with E-state index >= 15 is 0 Å². The van der Waals surface area contributed by atoms with Crippen molar-refractivity contribution >= 4 is 16.9 Å². The standard InChI is InChI=1S/C23H20FN3O3/c1-4-18-13(2)20(17-7-5-6-8-19(17)25-18)23(28)29-14(3)21-26-27-22(30-21)15-9-11-16(24)12-10-15/h5-12,14H,4H2,1-3H3/t14-/m0/s1. The van der Waals surface area contributed by atoms with Crippen molar-refractivity contribution in [1.82, 2.24) is 15.2 Å². The summed E-state index contributed by atoms with van der Waals surface area (Å²) in [6.45, 7) is 5.54. The van der Waals surface area contributed by atoms with Gasteiger partial charge in [0.05, 0.1) is 11.1 Å². The van der Waals surface area contributed by atoms with Gasteiger partial charge >= 0.3 is 5.97 Å². The predicted octanol–water partition coefficient (Wildman–Crippen LogP) is 5.21. The molecule has 152 valence electrons. The van der Waals surface area contributed by atoms with Crippen LogP contribution in [-0.2, 0) is 11.2 Å². The Bertz CT molecular complexity index is 1220. The van der Waals surface area contributed by atoms with Crippen LogP contribution in [0.25, 0.3) is 22.4 Å². The Hall–Kier alpha value is -3.61. The molecule has 0 N–H and O–H groups in total. The van der Waals surface area contributed by atoms with Gasteiger partial charge in [0.25, 0.3) is 5.89 Å². The van der Waals surface area contributed by atoms with E-state index in [4.69, 9.17) is 9.15 Å². The number of fused-ring (bicyclic) bond motifs is 1. The van der Waals surface area contributed by atoms with Crippen LogP contribution >= 0.6 is 0 Å². The van der Waals surface area contributed by atoms with Crippen LogP contribution in [0.15, 0.2) is 52.9 Å². The summed E-state index contributed by atoms with van der Waals surface area (Å²) in [6.07, 6.45) is -0.0485. The highest BCUT2D eigenvalue weighted by Crippen LogP contribution is 2.28. The fourth-order valence-electron chi connectivity index (χ4n) is 3.34. The number of aromatic nitrogens is 3. The number of hydrogen-bond donors (Lipinski definition) is 0. The van der Waals surface area contributed by atoms with Crippen LogP contribution in [-0.4, -0.2) is 21.2 Å². The second-order valence-electron chi connectivity index (χ2n) is 6.93. The number of esters is 1. The Morgan fingerprint density at radius 2 is 1.87 bits per heavy atom. The van der Waals surface area contributed by atoms with Crippen molar-refractivity contribution in [3.8, 4) is 11.5 Å². The van der Waals surface area contributed by atoms with Crippen molar-refractivity contribution in [2.45, 2.75) is 33.3 Å². The van der Waals surface area contributed by atoms with E-state index < -0.39 is 12.1 Å². The Morgan fingerprint density at radius 1 is 1.13 bits per heavy atom. The lowest BCUT2D eigenvalue weighted by Crippen LogP contribution is -2.13. The smallest absolute Gasteiger partial charge is 0.339 e. The molecule has 0 aliphatic rings. The Labute approximate surface area is 172 Å². The van der Waals surface area contributed by atoms with Crippen LogP contribution in [0.4, 0.5) is 4.39 Å². The molecular formula is C23H20FN3O3. The van der Waals surface area contributed by atoms with E-state index in [1.54, 1.807) is 19.1 Å². The minimum absolute atomic E-state index is 0.161. The van der Waals surface area contributed by atoms with E-state index in [9.17, 15) is 9.18 Å². The zero-order valence-corrected chi connectivity index (χ0v) is 16.8. The Morgan fingerprint density at radius 3 is 2.60 bits per heavy atom. The lowest BCUT2D eigenvalue weighted by Gasteiger charge is -2.15. The van der Waals surface area contributed by atoms with E-state index in [2.05, 4.69) is 15.2 Å². The summed E-state index contributed by atoms with van der Waals surface area (Å²) in [5, 5.41) is 8.69. The molecule has 0 fully saturated rings. The number of halogens is 1. The van der Waals surface area contributed by atoms with E-state index in [-0.39, 0.29) is 17.6 Å². The van der Waals surface area contributed by atoms with Gasteiger partial charge in [0.15, 0.2) is 6.10 Å². The fraction of sp³-hybridized carbons (Fsp3) is 0.217. The predicted molar refractivity (Wildman–Crippen MR) is 109 cm³/mol. The van der Waals surface area contributed by atoms with Crippen LogP contribution in [0.5, 0.6) is 0 Å². The molecule has 0 saturated heterocycles. The van der Waals surface area contributed by atoms with Gasteiger partial charge in [0.2, 0.25) is 5.89 Å². The van der Waals surface area contributed by atoms with Crippen LogP contribution in [0.1, 0.15) is 47.5 Å². The normalized spacial score (nSPS) is 12.1. The average Bonchev–Trinajstić information content (AvgIpc) is 3.24. The molecule has 6 nitrogen and oxygen atoms in total. The van der Waals surface area contributed by atoms with Crippen molar-refractivity contribution in [3.05, 3.63) is 77.1 Å². The molecule has 4 rings (SSSR count). The number of hydrogen-bond acceptors (Lipinski definition) is 6. The molecule has 0 aliphatic heterocycles. The lowest BCUT2D eigenvalue weighted by atomic mass is 10.0. The number of carbonyl (C=O) groups excluding carboxylic acids is 1. The molecule has 0 saturated carbocycles. The summed E-state index contributed by atoms with van der Waals surface area (Å²) >= 11 is 0. The Balaban J connectivity index is 1.62. The molecule has 0 unspecified atom stereocenters. The monoisotopic (exact) mass is 405 g/mol. The first-order valence-corrected chi connectivity index (χ1v) is 9.66. The minimum atomic E-state index is -0.754. The van der Waals surface area contributed by atoms with Gasteiger partial charge in [-0.05, 0) is 56.2 Å². The number of nitrogens with zero attached hydrogens (tertiary/aromatic N) is 3. The van der Waals surface area contributed by atoms with Gasteiger partial charge < -0.3 is 9.15 Å². The van der Waals surface area contributed by atoms with Crippen molar-refractivity contribution in [1.29, 1.82) is 0 Å². The summed E-state index contributed by atoms with van der Waals surface area (Å²) in [7, 11) is 0. The first-order valence-electron chi connectivity index (χ1n) is 9.66. The third-order valence-electron chi connectivity index (χ3n) is 4.94. The number of benzene rings is 2. The highest BCUT2D eigenvalue weighted by Gasteiger charge is 2.24. The molecule has 1 atom stereocenters. The molecule has 2 heterocycles. The fourth-order valence-corrected chi connectivity index (χ4v) is 3.34. The van der Waals surface area contributed by atoms with Crippen LogP contribution in [0.3, 0.4) is 0 Å². The average molecular weight is 405 g/mol. The van der Waals surface area contributed by atoms with Gasteiger partial charge in [0.1, 0.15) is 5.82 Å². The molecule has 2 aromatic heterocycles. The van der Waals surface area contributed by atoms with Gasteiger partial charge in [0, 0.05) is 16.6 Å². The number of rotatable bonds is 5. The quantitative estimate of drug-likeness (QED) is 0.424. The van der Waals surface area contributed by atoms with E-state index in [1.807, 2.05) is 38.1 Å². The Kier molecular flexibility index (Phi) is 5.27. The summed E-state index contributed by atoms with van der Waals surface area (Å²) in [4.78, 5) is 17.7. The molecule has 4 aromatic rings. The van der Waals surface area contributed by atoms with Gasteiger partial charge in [-0.1, -0.05) is 25.1 Å². The number of carbonyl (C=O) groups is 1. The van der Waals surface area contributed by atoms with Gasteiger partial charge in [-0.2, -0.15) is 0 Å². The largest absolute Gasteiger partial charge is 0.449 e. The van der Waals surface area contributed by atoms with E-state index in [0.29, 0.717) is 17.5 Å². The van der Waals surface area contributed by atoms with Crippen molar-refractivity contribution in [3.63, 3.8) is 0 Å². The second-order valence-corrected chi connectivity index (χ2v) is 6.93. The van der Waals surface area contributed by atoms with Crippen molar-refractivity contribution in [2.24, 2.45) is 0 Å². The zero-order valence-electron chi connectivity index (χ0n) is 16.8. The molecule has 30 heavy (non-hydrogen) atoms. The first kappa shape index (κ1) is 19.7. The van der Waals surface area contributed by atoms with Crippen LogP contribution in [0.2, 0.25) is 0 Å². The minimum Gasteiger partial charge on any atom is -0.449 e. The molecule has 0 amide bonds. The summed E-state index contributed by atoms with van der Waals surface area (Å²) in [6, 6.07) is 13.2. The molecule has 0 aliphatic carbocycles. The number of pyridine rings is 1. The number of aryl methyl sites for hydroxylation is 1. The maximum absolute atomic E-state index is 13.1. The van der Waals surface area contributed by atoms with Gasteiger partial charge in [-0.15, -0.1) is 10.2 Å². The second kappa shape index (κ2) is 8.02. The van der Waals surface area contributed by atoms with Crippen LogP contribution in [0, 0.1) is 12.7 Å². The maximum Gasteiger partial charge on any atom is 0.339 e. The molecule has 7 heteroatoms. The van der Waals surface area contributed by atoms with Crippen molar-refractivity contribution < 1.29 is 18.3 Å². The van der Waals surface area contributed by atoms with Crippen molar-refractivity contribution in [2.75, 3.05) is 0 Å². The first-order chi connectivity index (χ1) is 14.5. The molecule has 0 spiro atoms. The van der Waals surface area contributed by atoms with E-state index in [1.165, 1.54) is 12.1 Å². The van der Waals surface area contributed by atoms with Crippen LogP contribution < -0.4 is 0 Å². The zero-order chi connectivity index (χ0) is 21.3. The molecule has 2 aromatic carbocycles. The molecule has 0 radical (unpaired) electrons. The maximum atomic E-state index is 13.1. The lowest BCUT2D eigenvalue weighted by molar-refractivity contribution is 0.0281. The number of para-hydroxylation sites is 1. The third kappa shape index (κ3) is 3.66. The molecular weight excluding hydrogens is 385 g/mol. The summed E-state index contributed by atoms with van der Waals surface area (Å²) in [5.41, 5.74) is 3.46. The molecule has 0 bridgehead atoms.